The minimum absolute atomic E-state index is 0.469. The van der Waals surface area contributed by atoms with Crippen LogP contribution in [0.25, 0.3) is 0 Å². The summed E-state index contributed by atoms with van der Waals surface area (Å²) in [4.78, 5) is 0. The largest absolute Gasteiger partial charge is 0.396 e. The van der Waals surface area contributed by atoms with Gasteiger partial charge < -0.3 is 5.73 Å². The zero-order chi connectivity index (χ0) is 8.43. The number of nitrogen functional groups attached to an aromatic ring is 1. The minimum atomic E-state index is 0.469. The van der Waals surface area contributed by atoms with Gasteiger partial charge >= 0.3 is 0 Å². The summed E-state index contributed by atoms with van der Waals surface area (Å²) in [6.07, 6.45) is 2.93. The van der Waals surface area contributed by atoms with Crippen molar-refractivity contribution in [2.75, 3.05) is 5.73 Å². The van der Waals surface area contributed by atoms with Gasteiger partial charge in [-0.1, -0.05) is 13.8 Å². The molecule has 0 bridgehead atoms. The molecule has 1 heterocycles. The standard InChI is InChI=1S/C8H15N3/c1-4-6(2)8-7(9)5-11(3)10-8/h5-6H,4,9H2,1-3H3. The first-order valence-electron chi connectivity index (χ1n) is 3.94. The van der Waals surface area contributed by atoms with E-state index in [2.05, 4.69) is 18.9 Å². The lowest BCUT2D eigenvalue weighted by Gasteiger charge is -2.04. The summed E-state index contributed by atoms with van der Waals surface area (Å²) in [6, 6.07) is 0. The van der Waals surface area contributed by atoms with E-state index in [1.54, 1.807) is 4.68 Å². The maximum Gasteiger partial charge on any atom is 0.0881 e. The lowest BCUT2D eigenvalue weighted by Crippen LogP contribution is -1.97. The van der Waals surface area contributed by atoms with Crippen LogP contribution in [0.4, 0.5) is 5.69 Å². The normalized spacial score (nSPS) is 13.4. The minimum Gasteiger partial charge on any atom is -0.396 e. The average molecular weight is 153 g/mol. The van der Waals surface area contributed by atoms with E-state index >= 15 is 0 Å². The number of hydrogen-bond donors (Lipinski definition) is 1. The number of nitrogens with zero attached hydrogens (tertiary/aromatic N) is 2. The summed E-state index contributed by atoms with van der Waals surface area (Å²) in [5, 5.41) is 4.27. The van der Waals surface area contributed by atoms with Crippen molar-refractivity contribution in [1.29, 1.82) is 0 Å². The van der Waals surface area contributed by atoms with Crippen molar-refractivity contribution in [2.24, 2.45) is 7.05 Å². The molecule has 0 aliphatic heterocycles. The summed E-state index contributed by atoms with van der Waals surface area (Å²) in [6.45, 7) is 4.28. The molecule has 0 amide bonds. The van der Waals surface area contributed by atoms with Gasteiger partial charge in [0.2, 0.25) is 0 Å². The molecule has 1 aromatic heterocycles. The quantitative estimate of drug-likeness (QED) is 0.700. The summed E-state index contributed by atoms with van der Waals surface area (Å²) in [7, 11) is 1.89. The summed E-state index contributed by atoms with van der Waals surface area (Å²) < 4.78 is 1.76. The van der Waals surface area contributed by atoms with Gasteiger partial charge in [-0.25, -0.2) is 0 Å². The average Bonchev–Trinajstić information content (AvgIpc) is 2.28. The smallest absolute Gasteiger partial charge is 0.0881 e. The highest BCUT2D eigenvalue weighted by molar-refractivity contribution is 5.42. The Kier molecular flexibility index (Phi) is 2.17. The number of rotatable bonds is 2. The fraction of sp³-hybridized carbons (Fsp3) is 0.625. The van der Waals surface area contributed by atoms with Gasteiger partial charge in [-0.2, -0.15) is 5.10 Å². The van der Waals surface area contributed by atoms with Crippen molar-refractivity contribution in [2.45, 2.75) is 26.2 Å². The predicted octanol–water partition coefficient (Wildman–Crippen LogP) is 1.52. The molecule has 1 atom stereocenters. The Morgan fingerprint density at radius 2 is 2.36 bits per heavy atom. The molecule has 1 unspecified atom stereocenters. The SMILES string of the molecule is CCC(C)c1nn(C)cc1N. The molecule has 0 saturated carbocycles. The van der Waals surface area contributed by atoms with E-state index in [1.165, 1.54) is 0 Å². The van der Waals surface area contributed by atoms with Crippen molar-refractivity contribution in [3.63, 3.8) is 0 Å². The summed E-state index contributed by atoms with van der Waals surface area (Å²) >= 11 is 0. The van der Waals surface area contributed by atoms with Gasteiger partial charge in [0.25, 0.3) is 0 Å². The maximum atomic E-state index is 5.73. The highest BCUT2D eigenvalue weighted by Gasteiger charge is 2.10. The molecular weight excluding hydrogens is 138 g/mol. The van der Waals surface area contributed by atoms with E-state index < -0.39 is 0 Å². The number of aromatic nitrogens is 2. The van der Waals surface area contributed by atoms with E-state index in [4.69, 9.17) is 5.73 Å². The fourth-order valence-corrected chi connectivity index (χ4v) is 1.10. The van der Waals surface area contributed by atoms with Crippen LogP contribution in [0.1, 0.15) is 31.9 Å². The predicted molar refractivity (Wildman–Crippen MR) is 46.3 cm³/mol. The Hall–Kier alpha value is -0.990. The van der Waals surface area contributed by atoms with E-state index in [0.29, 0.717) is 5.92 Å². The van der Waals surface area contributed by atoms with E-state index in [0.717, 1.165) is 17.8 Å². The molecule has 0 radical (unpaired) electrons. The van der Waals surface area contributed by atoms with Crippen molar-refractivity contribution < 1.29 is 0 Å². The fourth-order valence-electron chi connectivity index (χ4n) is 1.10. The molecule has 3 nitrogen and oxygen atoms in total. The Morgan fingerprint density at radius 1 is 1.73 bits per heavy atom. The van der Waals surface area contributed by atoms with Crippen LogP contribution in [0.15, 0.2) is 6.20 Å². The van der Waals surface area contributed by atoms with E-state index in [-0.39, 0.29) is 0 Å². The summed E-state index contributed by atoms with van der Waals surface area (Å²) in [5.41, 5.74) is 7.56. The molecule has 2 N–H and O–H groups in total. The molecule has 0 spiro atoms. The maximum absolute atomic E-state index is 5.73. The third-order valence-electron chi connectivity index (χ3n) is 1.97. The van der Waals surface area contributed by atoms with Gasteiger partial charge in [-0.05, 0) is 6.42 Å². The third-order valence-corrected chi connectivity index (χ3v) is 1.97. The lowest BCUT2D eigenvalue weighted by atomic mass is 10.0. The van der Waals surface area contributed by atoms with Gasteiger partial charge in [0.15, 0.2) is 0 Å². The van der Waals surface area contributed by atoms with Gasteiger partial charge in [-0.3, -0.25) is 4.68 Å². The monoisotopic (exact) mass is 153 g/mol. The molecule has 0 aliphatic carbocycles. The second-order valence-electron chi connectivity index (χ2n) is 2.95. The zero-order valence-electron chi connectivity index (χ0n) is 7.33. The number of nitrogens with two attached hydrogens (primary N) is 1. The molecule has 3 heteroatoms. The Bertz CT molecular complexity index is 239. The first kappa shape index (κ1) is 8.11. The van der Waals surface area contributed by atoms with Crippen LogP contribution in [0.3, 0.4) is 0 Å². The molecule has 0 fully saturated rings. The third kappa shape index (κ3) is 1.53. The summed E-state index contributed by atoms with van der Waals surface area (Å²) in [5.74, 6) is 0.469. The first-order valence-corrected chi connectivity index (χ1v) is 3.94. The molecule has 1 rings (SSSR count). The topological polar surface area (TPSA) is 43.8 Å². The van der Waals surface area contributed by atoms with Crippen LogP contribution in [-0.4, -0.2) is 9.78 Å². The highest BCUT2D eigenvalue weighted by Crippen LogP contribution is 2.21. The lowest BCUT2D eigenvalue weighted by molar-refractivity contribution is 0.666. The van der Waals surface area contributed by atoms with E-state index in [9.17, 15) is 0 Å². The Labute approximate surface area is 67.2 Å². The van der Waals surface area contributed by atoms with Crippen molar-refractivity contribution in [1.82, 2.24) is 9.78 Å². The van der Waals surface area contributed by atoms with Gasteiger partial charge in [0, 0.05) is 19.2 Å². The zero-order valence-corrected chi connectivity index (χ0v) is 7.33. The Balaban J connectivity index is 2.93. The molecule has 0 aromatic carbocycles. The van der Waals surface area contributed by atoms with Crippen LogP contribution < -0.4 is 5.73 Å². The first-order chi connectivity index (χ1) is 5.15. The second-order valence-corrected chi connectivity index (χ2v) is 2.95. The van der Waals surface area contributed by atoms with Crippen molar-refractivity contribution in [3.05, 3.63) is 11.9 Å². The molecule has 1 aromatic rings. The van der Waals surface area contributed by atoms with Crippen LogP contribution in [-0.2, 0) is 7.05 Å². The molecule has 0 aliphatic rings. The molecule has 62 valence electrons. The molecular formula is C8H15N3. The number of anilines is 1. The number of hydrogen-bond acceptors (Lipinski definition) is 2. The van der Waals surface area contributed by atoms with E-state index in [1.807, 2.05) is 13.2 Å². The van der Waals surface area contributed by atoms with Crippen LogP contribution >= 0.6 is 0 Å². The second kappa shape index (κ2) is 2.95. The Morgan fingerprint density at radius 3 is 2.73 bits per heavy atom. The van der Waals surface area contributed by atoms with Crippen molar-refractivity contribution >= 4 is 5.69 Å². The van der Waals surface area contributed by atoms with Crippen molar-refractivity contribution in [3.8, 4) is 0 Å². The van der Waals surface area contributed by atoms with Gasteiger partial charge in [0.1, 0.15) is 0 Å². The van der Waals surface area contributed by atoms with Crippen LogP contribution in [0, 0.1) is 0 Å². The highest BCUT2D eigenvalue weighted by atomic mass is 15.3. The molecule has 0 saturated heterocycles. The van der Waals surface area contributed by atoms with Crippen LogP contribution in [0.5, 0.6) is 0 Å². The van der Waals surface area contributed by atoms with Crippen LogP contribution in [0.2, 0.25) is 0 Å². The number of aryl methyl sites for hydroxylation is 1. The molecule has 11 heavy (non-hydrogen) atoms. The van der Waals surface area contributed by atoms with Gasteiger partial charge in [-0.15, -0.1) is 0 Å². The van der Waals surface area contributed by atoms with Gasteiger partial charge in [0.05, 0.1) is 11.4 Å².